The Balaban J connectivity index is 1.78. The summed E-state index contributed by atoms with van der Waals surface area (Å²) in [6.07, 6.45) is 0.935. The SMILES string of the molecule is CCc1ccccc1Nc1ccc(NS(=O)(=O)c2c(C)n[nH]c2C)cc1. The van der Waals surface area contributed by atoms with E-state index >= 15 is 0 Å². The van der Waals surface area contributed by atoms with Gasteiger partial charge < -0.3 is 5.32 Å². The Labute approximate surface area is 153 Å². The summed E-state index contributed by atoms with van der Waals surface area (Å²) in [5.41, 5.74) is 4.63. The molecule has 6 nitrogen and oxygen atoms in total. The monoisotopic (exact) mass is 370 g/mol. The fraction of sp³-hybridized carbons (Fsp3) is 0.211. The van der Waals surface area contributed by atoms with E-state index in [0.717, 1.165) is 17.8 Å². The first kappa shape index (κ1) is 18.0. The first-order chi connectivity index (χ1) is 12.4. The van der Waals surface area contributed by atoms with Crippen LogP contribution in [0.15, 0.2) is 53.4 Å². The fourth-order valence-corrected chi connectivity index (χ4v) is 4.30. The third-order valence-corrected chi connectivity index (χ3v) is 5.79. The Hall–Kier alpha value is -2.80. The molecule has 0 saturated carbocycles. The van der Waals surface area contributed by atoms with Gasteiger partial charge in [-0.15, -0.1) is 0 Å². The van der Waals surface area contributed by atoms with Gasteiger partial charge in [-0.1, -0.05) is 25.1 Å². The van der Waals surface area contributed by atoms with Crippen molar-refractivity contribution in [2.45, 2.75) is 32.1 Å². The number of aryl methyl sites for hydroxylation is 3. The zero-order chi connectivity index (χ0) is 18.7. The number of hydrogen-bond acceptors (Lipinski definition) is 4. The van der Waals surface area contributed by atoms with Gasteiger partial charge >= 0.3 is 0 Å². The highest BCUT2D eigenvalue weighted by Gasteiger charge is 2.22. The highest BCUT2D eigenvalue weighted by atomic mass is 32.2. The van der Waals surface area contributed by atoms with Gasteiger partial charge in [0.1, 0.15) is 4.90 Å². The van der Waals surface area contributed by atoms with Crippen molar-refractivity contribution < 1.29 is 8.42 Å². The molecule has 0 amide bonds. The summed E-state index contributed by atoms with van der Waals surface area (Å²) in [4.78, 5) is 0.191. The molecule has 1 heterocycles. The van der Waals surface area contributed by atoms with Crippen LogP contribution in [0.4, 0.5) is 17.1 Å². The molecule has 0 radical (unpaired) electrons. The number of anilines is 3. The van der Waals surface area contributed by atoms with Gasteiger partial charge in [-0.05, 0) is 56.2 Å². The lowest BCUT2D eigenvalue weighted by Gasteiger charge is -2.12. The number of hydrogen-bond donors (Lipinski definition) is 3. The quantitative estimate of drug-likeness (QED) is 0.609. The standard InChI is InChI=1S/C19H22N4O2S/c1-4-15-7-5-6-8-18(15)20-16-9-11-17(12-10-16)23-26(24,25)19-13(2)21-22-14(19)3/h5-12,20,23H,4H2,1-3H3,(H,21,22). The highest BCUT2D eigenvalue weighted by Crippen LogP contribution is 2.24. The van der Waals surface area contributed by atoms with Crippen molar-refractivity contribution in [1.82, 2.24) is 10.2 Å². The van der Waals surface area contributed by atoms with Crippen LogP contribution in [-0.2, 0) is 16.4 Å². The predicted octanol–water partition coefficient (Wildman–Crippen LogP) is 4.13. The number of nitrogens with one attached hydrogen (secondary N) is 3. The lowest BCUT2D eigenvalue weighted by Crippen LogP contribution is -2.14. The molecule has 0 spiro atoms. The van der Waals surface area contributed by atoms with E-state index in [1.54, 1.807) is 26.0 Å². The van der Waals surface area contributed by atoms with Crippen molar-refractivity contribution in [1.29, 1.82) is 0 Å². The van der Waals surface area contributed by atoms with Gasteiger partial charge in [-0.2, -0.15) is 5.10 Å². The van der Waals surface area contributed by atoms with Gasteiger partial charge in [-0.25, -0.2) is 8.42 Å². The van der Waals surface area contributed by atoms with E-state index in [0.29, 0.717) is 17.1 Å². The number of aromatic nitrogens is 2. The second kappa shape index (κ2) is 7.21. The molecule has 26 heavy (non-hydrogen) atoms. The number of rotatable bonds is 6. The number of para-hydroxylation sites is 1. The Bertz CT molecular complexity index is 989. The van der Waals surface area contributed by atoms with Gasteiger partial charge in [0.2, 0.25) is 0 Å². The van der Waals surface area contributed by atoms with Gasteiger partial charge in [0.05, 0.1) is 11.4 Å². The van der Waals surface area contributed by atoms with Crippen LogP contribution in [-0.4, -0.2) is 18.6 Å². The zero-order valence-corrected chi connectivity index (χ0v) is 15.8. The van der Waals surface area contributed by atoms with E-state index in [1.165, 1.54) is 5.56 Å². The molecule has 0 aliphatic heterocycles. The largest absolute Gasteiger partial charge is 0.355 e. The Morgan fingerprint density at radius 2 is 1.65 bits per heavy atom. The summed E-state index contributed by atoms with van der Waals surface area (Å²) < 4.78 is 27.8. The van der Waals surface area contributed by atoms with E-state index in [-0.39, 0.29) is 4.90 Å². The number of sulfonamides is 1. The maximum absolute atomic E-state index is 12.6. The molecule has 0 bridgehead atoms. The van der Waals surface area contributed by atoms with Crippen LogP contribution in [0.1, 0.15) is 23.9 Å². The van der Waals surface area contributed by atoms with Crippen molar-refractivity contribution in [3.8, 4) is 0 Å². The van der Waals surface area contributed by atoms with Crippen molar-refractivity contribution in [3.63, 3.8) is 0 Å². The van der Waals surface area contributed by atoms with E-state index in [4.69, 9.17) is 0 Å². The molecule has 0 fully saturated rings. The van der Waals surface area contributed by atoms with E-state index in [9.17, 15) is 8.42 Å². The molecule has 0 unspecified atom stereocenters. The maximum Gasteiger partial charge on any atom is 0.265 e. The topological polar surface area (TPSA) is 86.9 Å². The third-order valence-electron chi connectivity index (χ3n) is 4.14. The summed E-state index contributed by atoms with van der Waals surface area (Å²) in [7, 11) is -3.68. The number of benzene rings is 2. The first-order valence-electron chi connectivity index (χ1n) is 8.40. The lowest BCUT2D eigenvalue weighted by molar-refractivity contribution is 0.600. The minimum absolute atomic E-state index is 0.191. The first-order valence-corrected chi connectivity index (χ1v) is 9.88. The molecule has 3 rings (SSSR count). The van der Waals surface area contributed by atoms with Crippen molar-refractivity contribution in [2.24, 2.45) is 0 Å². The fourth-order valence-electron chi connectivity index (χ4n) is 2.87. The Morgan fingerprint density at radius 1 is 1.00 bits per heavy atom. The van der Waals surface area contributed by atoms with Crippen LogP contribution >= 0.6 is 0 Å². The minimum Gasteiger partial charge on any atom is -0.355 e. The average Bonchev–Trinajstić information content (AvgIpc) is 2.96. The van der Waals surface area contributed by atoms with Crippen LogP contribution in [0.5, 0.6) is 0 Å². The third kappa shape index (κ3) is 3.72. The van der Waals surface area contributed by atoms with Crippen LogP contribution in [0.2, 0.25) is 0 Å². The molecular formula is C19H22N4O2S. The normalized spacial score (nSPS) is 11.3. The van der Waals surface area contributed by atoms with Crippen LogP contribution in [0.3, 0.4) is 0 Å². The molecule has 7 heteroatoms. The summed E-state index contributed by atoms with van der Waals surface area (Å²) in [5, 5.41) is 10.0. The van der Waals surface area contributed by atoms with Crippen LogP contribution in [0.25, 0.3) is 0 Å². The smallest absolute Gasteiger partial charge is 0.265 e. The van der Waals surface area contributed by atoms with Gasteiger partial charge in [0.15, 0.2) is 0 Å². The summed E-state index contributed by atoms with van der Waals surface area (Å²) >= 11 is 0. The summed E-state index contributed by atoms with van der Waals surface area (Å²) in [6, 6.07) is 15.3. The molecule has 0 aliphatic carbocycles. The summed E-state index contributed by atoms with van der Waals surface area (Å²) in [5.74, 6) is 0. The van der Waals surface area contributed by atoms with Crippen molar-refractivity contribution in [2.75, 3.05) is 10.0 Å². The predicted molar refractivity (Wildman–Crippen MR) is 104 cm³/mol. The van der Waals surface area contributed by atoms with E-state index in [1.807, 2.05) is 30.3 Å². The zero-order valence-electron chi connectivity index (χ0n) is 15.0. The molecule has 3 N–H and O–H groups in total. The molecule has 1 aromatic heterocycles. The molecule has 0 saturated heterocycles. The maximum atomic E-state index is 12.6. The second-order valence-electron chi connectivity index (χ2n) is 6.08. The molecule has 136 valence electrons. The Kier molecular flexibility index (Phi) is 4.99. The van der Waals surface area contributed by atoms with Crippen LogP contribution < -0.4 is 10.0 Å². The Morgan fingerprint density at radius 3 is 2.27 bits per heavy atom. The molecule has 3 aromatic rings. The van der Waals surface area contributed by atoms with Gasteiger partial charge in [0.25, 0.3) is 10.0 Å². The van der Waals surface area contributed by atoms with Gasteiger partial charge in [0, 0.05) is 17.1 Å². The second-order valence-corrected chi connectivity index (χ2v) is 7.70. The molecule has 0 atom stereocenters. The van der Waals surface area contributed by atoms with Crippen molar-refractivity contribution in [3.05, 3.63) is 65.5 Å². The number of H-pyrrole nitrogens is 1. The number of aromatic amines is 1. The average molecular weight is 370 g/mol. The highest BCUT2D eigenvalue weighted by molar-refractivity contribution is 7.92. The molecular weight excluding hydrogens is 348 g/mol. The lowest BCUT2D eigenvalue weighted by atomic mass is 10.1. The van der Waals surface area contributed by atoms with Crippen LogP contribution in [0, 0.1) is 13.8 Å². The van der Waals surface area contributed by atoms with Gasteiger partial charge in [-0.3, -0.25) is 9.82 Å². The molecule has 0 aliphatic rings. The van der Waals surface area contributed by atoms with Crippen molar-refractivity contribution >= 4 is 27.1 Å². The van der Waals surface area contributed by atoms with E-state index in [2.05, 4.69) is 33.2 Å². The number of nitrogens with zero attached hydrogens (tertiary/aromatic N) is 1. The molecule has 2 aromatic carbocycles. The van der Waals surface area contributed by atoms with E-state index < -0.39 is 10.0 Å². The minimum atomic E-state index is -3.68. The summed E-state index contributed by atoms with van der Waals surface area (Å²) in [6.45, 7) is 5.46.